The number of carbonyl (C=O) groups is 2. The fourth-order valence-electron chi connectivity index (χ4n) is 2.02. The van der Waals surface area contributed by atoms with Crippen molar-refractivity contribution in [1.29, 1.82) is 0 Å². The number of ether oxygens (including phenoxy) is 1. The summed E-state index contributed by atoms with van der Waals surface area (Å²) in [6.07, 6.45) is 0. The minimum absolute atomic E-state index is 0.165. The highest BCUT2D eigenvalue weighted by Crippen LogP contribution is 2.29. The van der Waals surface area contributed by atoms with E-state index in [-0.39, 0.29) is 11.8 Å². The Morgan fingerprint density at radius 1 is 1.27 bits per heavy atom. The molecule has 0 aliphatic rings. The molecule has 6 heteroatoms. The molecule has 1 atom stereocenters. The molecule has 0 aliphatic carbocycles. The molecule has 0 bridgehead atoms. The van der Waals surface area contributed by atoms with Gasteiger partial charge in [-0.25, -0.2) is 0 Å². The number of nitrogens with two attached hydrogens (primary N) is 1. The Morgan fingerprint density at radius 3 is 2.55 bits per heavy atom. The van der Waals surface area contributed by atoms with E-state index in [1.807, 2.05) is 26.0 Å². The summed E-state index contributed by atoms with van der Waals surface area (Å²) in [5, 5.41) is 2.80. The molecule has 116 valence electrons. The lowest BCUT2D eigenvalue weighted by Gasteiger charge is -2.14. The van der Waals surface area contributed by atoms with Crippen molar-refractivity contribution in [2.75, 3.05) is 12.4 Å². The number of thiophene rings is 1. The highest BCUT2D eigenvalue weighted by atomic mass is 32.1. The summed E-state index contributed by atoms with van der Waals surface area (Å²) in [6, 6.07) is 8.61. The van der Waals surface area contributed by atoms with Crippen LogP contribution in [-0.4, -0.2) is 18.9 Å². The van der Waals surface area contributed by atoms with Crippen molar-refractivity contribution in [1.82, 2.24) is 0 Å². The van der Waals surface area contributed by atoms with Crippen LogP contribution in [-0.2, 0) is 4.79 Å². The van der Waals surface area contributed by atoms with Gasteiger partial charge in [-0.3, -0.25) is 9.59 Å². The standard InChI is InChI=1S/C16H18N2O3S/c1-9-4-7-14(22-9)10(2)16(20)18-12-8-11(15(17)19)5-6-13(12)21-3/h4-8,10H,1-3H3,(H2,17,19)(H,18,20)/t10-/m0/s1. The van der Waals surface area contributed by atoms with E-state index >= 15 is 0 Å². The normalized spacial score (nSPS) is 11.8. The van der Waals surface area contributed by atoms with Gasteiger partial charge in [-0.1, -0.05) is 0 Å². The van der Waals surface area contributed by atoms with Crippen molar-refractivity contribution in [2.24, 2.45) is 5.73 Å². The third kappa shape index (κ3) is 3.46. The van der Waals surface area contributed by atoms with Gasteiger partial charge in [-0.15, -0.1) is 11.3 Å². The molecule has 22 heavy (non-hydrogen) atoms. The summed E-state index contributed by atoms with van der Waals surface area (Å²) in [6.45, 7) is 3.84. The van der Waals surface area contributed by atoms with Crippen LogP contribution in [0.25, 0.3) is 0 Å². The molecule has 0 unspecified atom stereocenters. The number of anilines is 1. The summed E-state index contributed by atoms with van der Waals surface area (Å²) in [7, 11) is 1.50. The second-order valence-electron chi connectivity index (χ2n) is 4.94. The summed E-state index contributed by atoms with van der Waals surface area (Å²) >= 11 is 1.59. The molecule has 1 aromatic heterocycles. The predicted octanol–water partition coefficient (Wildman–Crippen LogP) is 2.91. The van der Waals surface area contributed by atoms with Crippen molar-refractivity contribution in [3.05, 3.63) is 45.6 Å². The SMILES string of the molecule is COc1ccc(C(N)=O)cc1NC(=O)[C@@H](C)c1ccc(C)s1. The number of carbonyl (C=O) groups excluding carboxylic acids is 2. The Balaban J connectivity index is 2.23. The van der Waals surface area contributed by atoms with E-state index in [0.29, 0.717) is 17.0 Å². The Morgan fingerprint density at radius 2 is 2.00 bits per heavy atom. The van der Waals surface area contributed by atoms with E-state index < -0.39 is 5.91 Å². The van der Waals surface area contributed by atoms with E-state index in [2.05, 4.69) is 5.32 Å². The van der Waals surface area contributed by atoms with Crippen molar-refractivity contribution in [3.63, 3.8) is 0 Å². The largest absolute Gasteiger partial charge is 0.495 e. The Kier molecular flexibility index (Phi) is 4.82. The van der Waals surface area contributed by atoms with Gasteiger partial charge in [0.15, 0.2) is 0 Å². The first kappa shape index (κ1) is 16.0. The summed E-state index contributed by atoms with van der Waals surface area (Å²) < 4.78 is 5.21. The molecule has 0 aliphatic heterocycles. The van der Waals surface area contributed by atoms with Crippen LogP contribution in [0.2, 0.25) is 0 Å². The van der Waals surface area contributed by atoms with E-state index in [1.165, 1.54) is 13.2 Å². The van der Waals surface area contributed by atoms with Crippen LogP contribution in [0, 0.1) is 6.92 Å². The quantitative estimate of drug-likeness (QED) is 0.889. The minimum Gasteiger partial charge on any atom is -0.495 e. The lowest BCUT2D eigenvalue weighted by molar-refractivity contribution is -0.117. The number of primary amides is 1. The average molecular weight is 318 g/mol. The highest BCUT2D eigenvalue weighted by molar-refractivity contribution is 7.12. The smallest absolute Gasteiger partial charge is 0.248 e. The summed E-state index contributed by atoms with van der Waals surface area (Å²) in [5.41, 5.74) is 6.02. The van der Waals surface area contributed by atoms with Crippen LogP contribution in [0.3, 0.4) is 0 Å². The molecule has 2 aromatic rings. The van der Waals surface area contributed by atoms with Crippen molar-refractivity contribution >= 4 is 28.8 Å². The third-order valence-electron chi connectivity index (χ3n) is 3.32. The Labute approximate surface area is 133 Å². The number of aryl methyl sites for hydroxylation is 1. The second kappa shape index (κ2) is 6.62. The van der Waals surface area contributed by atoms with Crippen molar-refractivity contribution in [3.8, 4) is 5.75 Å². The monoisotopic (exact) mass is 318 g/mol. The van der Waals surface area contributed by atoms with Crippen LogP contribution in [0.1, 0.15) is 33.0 Å². The van der Waals surface area contributed by atoms with Gasteiger partial charge in [-0.05, 0) is 44.2 Å². The minimum atomic E-state index is -0.555. The maximum Gasteiger partial charge on any atom is 0.248 e. The molecule has 0 fully saturated rings. The van der Waals surface area contributed by atoms with Gasteiger partial charge in [0, 0.05) is 15.3 Å². The second-order valence-corrected chi connectivity index (χ2v) is 6.26. The van der Waals surface area contributed by atoms with Crippen LogP contribution in [0.4, 0.5) is 5.69 Å². The van der Waals surface area contributed by atoms with Crippen molar-refractivity contribution in [2.45, 2.75) is 19.8 Å². The van der Waals surface area contributed by atoms with Crippen LogP contribution in [0.5, 0.6) is 5.75 Å². The van der Waals surface area contributed by atoms with Crippen molar-refractivity contribution < 1.29 is 14.3 Å². The fraction of sp³-hybridized carbons (Fsp3) is 0.250. The molecular weight excluding hydrogens is 300 g/mol. The van der Waals surface area contributed by atoms with Gasteiger partial charge in [0.1, 0.15) is 5.75 Å². The number of hydrogen-bond donors (Lipinski definition) is 2. The molecule has 5 nitrogen and oxygen atoms in total. The van der Waals surface area contributed by atoms with Crippen LogP contribution >= 0.6 is 11.3 Å². The zero-order valence-corrected chi connectivity index (χ0v) is 13.5. The molecule has 2 rings (SSSR count). The molecular formula is C16H18N2O3S. The third-order valence-corrected chi connectivity index (χ3v) is 4.51. The van der Waals surface area contributed by atoms with E-state index in [4.69, 9.17) is 10.5 Å². The fourth-order valence-corrected chi connectivity index (χ4v) is 2.94. The molecule has 1 heterocycles. The molecule has 2 amide bonds. The van der Waals surface area contributed by atoms with Crippen LogP contribution < -0.4 is 15.8 Å². The zero-order valence-electron chi connectivity index (χ0n) is 12.7. The van der Waals surface area contributed by atoms with Crippen LogP contribution in [0.15, 0.2) is 30.3 Å². The highest BCUT2D eigenvalue weighted by Gasteiger charge is 2.19. The first-order valence-corrected chi connectivity index (χ1v) is 7.59. The van der Waals surface area contributed by atoms with E-state index in [9.17, 15) is 9.59 Å². The molecule has 3 N–H and O–H groups in total. The topological polar surface area (TPSA) is 81.4 Å². The van der Waals surface area contributed by atoms with E-state index in [0.717, 1.165) is 9.75 Å². The lowest BCUT2D eigenvalue weighted by atomic mass is 10.1. The van der Waals surface area contributed by atoms with Gasteiger partial charge in [-0.2, -0.15) is 0 Å². The van der Waals surface area contributed by atoms with Gasteiger partial charge < -0.3 is 15.8 Å². The average Bonchev–Trinajstić information content (AvgIpc) is 2.92. The number of amides is 2. The lowest BCUT2D eigenvalue weighted by Crippen LogP contribution is -2.19. The van der Waals surface area contributed by atoms with Gasteiger partial charge in [0.25, 0.3) is 0 Å². The van der Waals surface area contributed by atoms with Gasteiger partial charge in [0.2, 0.25) is 11.8 Å². The summed E-state index contributed by atoms with van der Waals surface area (Å²) in [5.74, 6) is -0.532. The molecule has 0 saturated carbocycles. The first-order chi connectivity index (χ1) is 10.4. The first-order valence-electron chi connectivity index (χ1n) is 6.77. The molecule has 0 radical (unpaired) electrons. The maximum absolute atomic E-state index is 12.4. The van der Waals surface area contributed by atoms with Gasteiger partial charge in [0.05, 0.1) is 18.7 Å². The number of rotatable bonds is 5. The molecule has 0 spiro atoms. The zero-order chi connectivity index (χ0) is 16.3. The number of benzene rings is 1. The predicted molar refractivity (Wildman–Crippen MR) is 87.6 cm³/mol. The number of hydrogen-bond acceptors (Lipinski definition) is 4. The van der Waals surface area contributed by atoms with Gasteiger partial charge >= 0.3 is 0 Å². The maximum atomic E-state index is 12.4. The number of nitrogens with one attached hydrogen (secondary N) is 1. The molecule has 1 aromatic carbocycles. The van der Waals surface area contributed by atoms with E-state index in [1.54, 1.807) is 23.5 Å². The Bertz CT molecular complexity index is 709. The summed E-state index contributed by atoms with van der Waals surface area (Å²) in [4.78, 5) is 25.8. The molecule has 0 saturated heterocycles. The Hall–Kier alpha value is -2.34. The number of methoxy groups -OCH3 is 1.